The van der Waals surface area contributed by atoms with Crippen molar-refractivity contribution in [3.63, 3.8) is 0 Å². The van der Waals surface area contributed by atoms with Crippen LogP contribution in [-0.4, -0.2) is 11.3 Å². The zero-order valence-electron chi connectivity index (χ0n) is 10.3. The topological polar surface area (TPSA) is 20.2 Å². The molecule has 112 valence electrons. The van der Waals surface area contributed by atoms with Gasteiger partial charge < -0.3 is 5.11 Å². The van der Waals surface area contributed by atoms with Gasteiger partial charge in [0.1, 0.15) is 11.6 Å². The highest BCUT2D eigenvalue weighted by Crippen LogP contribution is 2.46. The minimum absolute atomic E-state index is 0.0275. The molecule has 7 heteroatoms. The van der Waals surface area contributed by atoms with Crippen molar-refractivity contribution in [2.45, 2.75) is 37.5 Å². The fraction of sp³-hybridized carbons (Fsp3) is 0.538. The van der Waals surface area contributed by atoms with Crippen molar-refractivity contribution < 1.29 is 27.1 Å². The second-order valence-electron chi connectivity index (χ2n) is 5.07. The Morgan fingerprint density at radius 3 is 2.20 bits per heavy atom. The maximum Gasteiger partial charge on any atom is 0.391 e. The second-order valence-corrected chi connectivity index (χ2v) is 5.92. The van der Waals surface area contributed by atoms with E-state index in [0.29, 0.717) is 0 Å². The third-order valence-electron chi connectivity index (χ3n) is 3.79. The Bertz CT molecular complexity index is 506. The van der Waals surface area contributed by atoms with Crippen molar-refractivity contribution in [2.75, 3.05) is 0 Å². The van der Waals surface area contributed by atoms with Crippen LogP contribution in [0.3, 0.4) is 0 Å². The zero-order valence-corrected chi connectivity index (χ0v) is 11.9. The first-order valence-electron chi connectivity index (χ1n) is 6.08. The molecule has 1 aromatic carbocycles. The summed E-state index contributed by atoms with van der Waals surface area (Å²) in [6, 6.07) is 2.13. The van der Waals surface area contributed by atoms with Gasteiger partial charge in [0.05, 0.1) is 21.6 Å². The first-order valence-corrected chi connectivity index (χ1v) is 6.87. The third kappa shape index (κ3) is 2.83. The molecule has 0 bridgehead atoms. The Balaban J connectivity index is 2.29. The molecule has 1 aliphatic carbocycles. The van der Waals surface area contributed by atoms with Crippen molar-refractivity contribution in [3.05, 3.63) is 33.8 Å². The number of hydrogen-bond donors (Lipinski definition) is 1. The number of aliphatic hydroxyl groups is 1. The molecule has 0 atom stereocenters. The molecule has 0 saturated heterocycles. The average molecular weight is 359 g/mol. The van der Waals surface area contributed by atoms with Crippen molar-refractivity contribution >= 4 is 15.9 Å². The van der Waals surface area contributed by atoms with Crippen molar-refractivity contribution in [1.29, 1.82) is 0 Å². The van der Waals surface area contributed by atoms with Gasteiger partial charge in [-0.2, -0.15) is 13.2 Å². The first-order chi connectivity index (χ1) is 9.15. The molecule has 1 N–H and O–H groups in total. The van der Waals surface area contributed by atoms with Crippen LogP contribution in [0.1, 0.15) is 31.2 Å². The molecular formula is C13H12BrF5O. The van der Waals surface area contributed by atoms with Gasteiger partial charge >= 0.3 is 6.18 Å². The predicted octanol–water partition coefficient (Wildman–Crippen LogP) is 4.67. The summed E-state index contributed by atoms with van der Waals surface area (Å²) in [5.74, 6) is -3.43. The summed E-state index contributed by atoms with van der Waals surface area (Å²) in [6.45, 7) is 0. The van der Waals surface area contributed by atoms with E-state index < -0.39 is 34.9 Å². The summed E-state index contributed by atoms with van der Waals surface area (Å²) >= 11 is 2.88. The van der Waals surface area contributed by atoms with Crippen LogP contribution < -0.4 is 0 Å². The van der Waals surface area contributed by atoms with Gasteiger partial charge in [0.25, 0.3) is 0 Å². The number of alkyl halides is 3. The van der Waals surface area contributed by atoms with E-state index in [1.54, 1.807) is 0 Å². The van der Waals surface area contributed by atoms with Crippen LogP contribution in [0.5, 0.6) is 0 Å². The number of hydrogen-bond acceptors (Lipinski definition) is 1. The van der Waals surface area contributed by atoms with Crippen molar-refractivity contribution in [1.82, 2.24) is 0 Å². The molecule has 0 heterocycles. The van der Waals surface area contributed by atoms with Gasteiger partial charge in [-0.25, -0.2) is 8.78 Å². The minimum Gasteiger partial charge on any atom is -0.385 e. The number of halogens is 6. The van der Waals surface area contributed by atoms with Crippen LogP contribution in [0.4, 0.5) is 22.0 Å². The smallest absolute Gasteiger partial charge is 0.385 e. The highest BCUT2D eigenvalue weighted by atomic mass is 79.9. The van der Waals surface area contributed by atoms with E-state index in [-0.39, 0.29) is 30.2 Å². The Kier molecular flexibility index (Phi) is 4.12. The molecular weight excluding hydrogens is 347 g/mol. The number of benzene rings is 1. The molecule has 0 aromatic heterocycles. The summed E-state index contributed by atoms with van der Waals surface area (Å²) in [6.07, 6.45) is -5.66. The highest BCUT2D eigenvalue weighted by molar-refractivity contribution is 9.10. The molecule has 1 nitrogen and oxygen atoms in total. The summed E-state index contributed by atoms with van der Waals surface area (Å²) in [5, 5.41) is 10.3. The fourth-order valence-corrected chi connectivity index (χ4v) is 2.96. The van der Waals surface area contributed by atoms with Crippen LogP contribution in [0, 0.1) is 17.6 Å². The molecule has 0 unspecified atom stereocenters. The molecule has 0 aliphatic heterocycles. The van der Waals surface area contributed by atoms with Crippen LogP contribution in [0.2, 0.25) is 0 Å². The maximum atomic E-state index is 14.0. The standard InChI is InChI=1S/C13H12BrF5O/c14-8-1-2-9(15)10(11(8)16)12(20)5-3-7(4-6-12)13(17,18)19/h1-2,7,20H,3-6H2. The molecule has 1 aromatic rings. The van der Waals surface area contributed by atoms with Gasteiger partial charge in [-0.3, -0.25) is 0 Å². The Hall–Kier alpha value is -0.690. The van der Waals surface area contributed by atoms with E-state index in [1.807, 2.05) is 0 Å². The Morgan fingerprint density at radius 1 is 1.15 bits per heavy atom. The van der Waals surface area contributed by atoms with E-state index in [2.05, 4.69) is 15.9 Å². The van der Waals surface area contributed by atoms with Crippen LogP contribution in [0.25, 0.3) is 0 Å². The summed E-state index contributed by atoms with van der Waals surface area (Å²) in [5.41, 5.74) is -2.44. The van der Waals surface area contributed by atoms with Gasteiger partial charge in [-0.05, 0) is 53.7 Å². The molecule has 2 rings (SSSR count). The fourth-order valence-electron chi connectivity index (χ4n) is 2.63. The highest BCUT2D eigenvalue weighted by Gasteiger charge is 2.47. The Labute approximate surface area is 120 Å². The van der Waals surface area contributed by atoms with E-state index in [0.717, 1.165) is 12.1 Å². The first kappa shape index (κ1) is 15.7. The zero-order chi connectivity index (χ0) is 15.1. The van der Waals surface area contributed by atoms with Gasteiger partial charge in [-0.1, -0.05) is 0 Å². The lowest BCUT2D eigenvalue weighted by Gasteiger charge is -2.37. The molecule has 0 amide bonds. The van der Waals surface area contributed by atoms with Gasteiger partial charge in [0.15, 0.2) is 0 Å². The lowest BCUT2D eigenvalue weighted by atomic mass is 9.74. The van der Waals surface area contributed by atoms with Gasteiger partial charge in [0, 0.05) is 0 Å². The maximum absolute atomic E-state index is 14.0. The summed E-state index contributed by atoms with van der Waals surface area (Å²) in [7, 11) is 0. The quantitative estimate of drug-likeness (QED) is 0.571. The normalized spacial score (nSPS) is 27.6. The summed E-state index contributed by atoms with van der Waals surface area (Å²) in [4.78, 5) is 0. The Morgan fingerprint density at radius 2 is 1.70 bits per heavy atom. The number of rotatable bonds is 1. The van der Waals surface area contributed by atoms with Gasteiger partial charge in [0.2, 0.25) is 0 Å². The van der Waals surface area contributed by atoms with E-state index in [4.69, 9.17) is 0 Å². The molecule has 1 aliphatic rings. The van der Waals surface area contributed by atoms with Crippen molar-refractivity contribution in [3.8, 4) is 0 Å². The average Bonchev–Trinajstić information content (AvgIpc) is 2.33. The molecule has 0 spiro atoms. The second kappa shape index (κ2) is 5.26. The van der Waals surface area contributed by atoms with Crippen LogP contribution >= 0.6 is 15.9 Å². The van der Waals surface area contributed by atoms with Crippen LogP contribution in [0.15, 0.2) is 16.6 Å². The third-order valence-corrected chi connectivity index (χ3v) is 4.40. The van der Waals surface area contributed by atoms with Gasteiger partial charge in [-0.15, -0.1) is 0 Å². The monoisotopic (exact) mass is 358 g/mol. The minimum atomic E-state index is -4.34. The lowest BCUT2D eigenvalue weighted by Crippen LogP contribution is -2.37. The molecule has 1 saturated carbocycles. The SMILES string of the molecule is OC1(c2c(F)ccc(Br)c2F)CCC(C(F)(F)F)CC1. The van der Waals surface area contributed by atoms with E-state index in [1.165, 1.54) is 0 Å². The van der Waals surface area contributed by atoms with E-state index in [9.17, 15) is 27.1 Å². The van der Waals surface area contributed by atoms with E-state index >= 15 is 0 Å². The molecule has 1 fully saturated rings. The lowest BCUT2D eigenvalue weighted by molar-refractivity contribution is -0.193. The van der Waals surface area contributed by atoms with Crippen LogP contribution in [-0.2, 0) is 5.60 Å². The summed E-state index contributed by atoms with van der Waals surface area (Å²) < 4.78 is 65.4. The largest absolute Gasteiger partial charge is 0.391 e. The molecule has 0 radical (unpaired) electrons. The van der Waals surface area contributed by atoms with Crippen molar-refractivity contribution in [2.24, 2.45) is 5.92 Å². The predicted molar refractivity (Wildman–Crippen MR) is 66.0 cm³/mol. The molecule has 20 heavy (non-hydrogen) atoms.